The van der Waals surface area contributed by atoms with Crippen LogP contribution in [-0.4, -0.2) is 33.3 Å². The zero-order valence-electron chi connectivity index (χ0n) is 13.9. The number of benzene rings is 2. The maximum Gasteiger partial charge on any atom is 0.411 e. The number of ether oxygens (including phenoxy) is 3. The molecule has 7 nitrogen and oxygen atoms in total. The number of halogens is 1. The molecule has 0 atom stereocenters. The first-order valence-electron chi connectivity index (χ1n) is 7.15. The van der Waals surface area contributed by atoms with Crippen molar-refractivity contribution in [2.45, 2.75) is 0 Å². The Morgan fingerprint density at radius 3 is 2.12 bits per heavy atom. The molecule has 0 aliphatic rings. The Morgan fingerprint density at radius 2 is 1.56 bits per heavy atom. The lowest BCUT2D eigenvalue weighted by molar-refractivity contribution is 0.102. The van der Waals surface area contributed by atoms with Gasteiger partial charge in [0.1, 0.15) is 17.3 Å². The van der Waals surface area contributed by atoms with E-state index in [2.05, 4.69) is 15.4 Å². The minimum absolute atomic E-state index is 0.118. The van der Waals surface area contributed by atoms with Crippen molar-refractivity contribution in [1.29, 1.82) is 0 Å². The predicted octanol–water partition coefficient (Wildman–Crippen LogP) is 3.27. The van der Waals surface area contributed by atoms with E-state index in [1.54, 1.807) is 6.07 Å². The minimum Gasteiger partial charge on any atom is -0.497 e. The maximum atomic E-state index is 13.7. The van der Waals surface area contributed by atoms with Gasteiger partial charge in [-0.15, -0.1) is 0 Å². The number of methoxy groups -OCH3 is 3. The maximum absolute atomic E-state index is 13.7. The summed E-state index contributed by atoms with van der Waals surface area (Å²) in [6.07, 6.45) is -0.820. The van der Waals surface area contributed by atoms with Crippen molar-refractivity contribution in [2.24, 2.45) is 0 Å². The third kappa shape index (κ3) is 4.60. The molecular weight excluding hydrogens is 331 g/mol. The molecule has 2 rings (SSSR count). The molecule has 2 aromatic rings. The van der Waals surface area contributed by atoms with Crippen molar-refractivity contribution in [3.8, 4) is 11.5 Å². The van der Waals surface area contributed by atoms with E-state index in [4.69, 9.17) is 9.47 Å². The minimum atomic E-state index is -0.820. The second-order valence-corrected chi connectivity index (χ2v) is 4.87. The highest BCUT2D eigenvalue weighted by Crippen LogP contribution is 2.24. The van der Waals surface area contributed by atoms with Gasteiger partial charge in [-0.1, -0.05) is 0 Å². The van der Waals surface area contributed by atoms with E-state index in [1.165, 1.54) is 38.5 Å². The van der Waals surface area contributed by atoms with Crippen molar-refractivity contribution in [3.63, 3.8) is 0 Å². The van der Waals surface area contributed by atoms with Gasteiger partial charge in [-0.2, -0.15) is 0 Å². The Hall–Kier alpha value is -3.29. The normalized spacial score (nSPS) is 9.92. The molecule has 0 aromatic heterocycles. The van der Waals surface area contributed by atoms with Gasteiger partial charge in [0, 0.05) is 17.3 Å². The van der Waals surface area contributed by atoms with E-state index >= 15 is 0 Å². The van der Waals surface area contributed by atoms with Gasteiger partial charge in [-0.3, -0.25) is 10.1 Å². The molecule has 2 aromatic carbocycles. The Kier molecular flexibility index (Phi) is 5.78. The highest BCUT2D eigenvalue weighted by molar-refractivity contribution is 6.05. The third-order valence-electron chi connectivity index (χ3n) is 3.26. The van der Waals surface area contributed by atoms with Crippen LogP contribution >= 0.6 is 0 Å². The van der Waals surface area contributed by atoms with Crippen LogP contribution in [0, 0.1) is 5.82 Å². The first-order chi connectivity index (χ1) is 12.0. The molecule has 8 heteroatoms. The highest BCUT2D eigenvalue weighted by atomic mass is 19.1. The number of nitrogens with one attached hydrogen (secondary N) is 2. The molecule has 0 unspecified atom stereocenters. The zero-order chi connectivity index (χ0) is 18.4. The third-order valence-corrected chi connectivity index (χ3v) is 3.26. The van der Waals surface area contributed by atoms with Gasteiger partial charge in [0.2, 0.25) is 0 Å². The van der Waals surface area contributed by atoms with E-state index in [1.807, 2.05) is 0 Å². The fourth-order valence-corrected chi connectivity index (χ4v) is 2.00. The largest absolute Gasteiger partial charge is 0.497 e. The molecule has 2 amide bonds. The molecule has 25 heavy (non-hydrogen) atoms. The summed E-state index contributed by atoms with van der Waals surface area (Å²) in [6, 6.07) is 8.47. The van der Waals surface area contributed by atoms with Gasteiger partial charge in [0.05, 0.1) is 27.0 Å². The molecule has 0 fully saturated rings. The standard InChI is InChI=1S/C17H17FN2O5/c1-23-12-6-10(7-13(9-12)24-2)16(21)19-11-4-5-14(18)15(8-11)20-17(22)25-3/h4-9H,1-3H3,(H,19,21)(H,20,22). The molecule has 0 saturated heterocycles. The summed E-state index contributed by atoms with van der Waals surface area (Å²) in [7, 11) is 4.11. The number of hydrogen-bond donors (Lipinski definition) is 2. The summed E-state index contributed by atoms with van der Waals surface area (Å²) in [6.45, 7) is 0. The number of amides is 2. The quantitative estimate of drug-likeness (QED) is 0.866. The lowest BCUT2D eigenvalue weighted by Gasteiger charge is -2.11. The molecule has 0 aliphatic heterocycles. The van der Waals surface area contributed by atoms with Crippen LogP contribution in [0.4, 0.5) is 20.6 Å². The van der Waals surface area contributed by atoms with Crippen molar-refractivity contribution < 1.29 is 28.2 Å². The summed E-state index contributed by atoms with van der Waals surface area (Å²) < 4.78 is 28.4. The van der Waals surface area contributed by atoms with Gasteiger partial charge in [0.15, 0.2) is 0 Å². The molecule has 0 bridgehead atoms. The molecule has 0 radical (unpaired) electrons. The van der Waals surface area contributed by atoms with Crippen LogP contribution in [0.5, 0.6) is 11.5 Å². The number of carbonyl (C=O) groups is 2. The summed E-state index contributed by atoms with van der Waals surface area (Å²) >= 11 is 0. The second kappa shape index (κ2) is 8.00. The van der Waals surface area contributed by atoms with E-state index < -0.39 is 17.8 Å². The fraction of sp³-hybridized carbons (Fsp3) is 0.176. The average Bonchev–Trinajstić information content (AvgIpc) is 2.63. The second-order valence-electron chi connectivity index (χ2n) is 4.87. The molecule has 0 saturated carbocycles. The topological polar surface area (TPSA) is 85.9 Å². The van der Waals surface area contributed by atoms with Gasteiger partial charge in [-0.05, 0) is 30.3 Å². The summed E-state index contributed by atoms with van der Waals surface area (Å²) in [5, 5.41) is 4.83. The van der Waals surface area contributed by atoms with Crippen molar-refractivity contribution in [3.05, 3.63) is 47.8 Å². The molecule has 132 valence electrons. The van der Waals surface area contributed by atoms with Crippen molar-refractivity contribution in [1.82, 2.24) is 0 Å². The number of hydrogen-bond acceptors (Lipinski definition) is 5. The molecular formula is C17H17FN2O5. The van der Waals surface area contributed by atoms with Crippen LogP contribution in [-0.2, 0) is 4.74 Å². The van der Waals surface area contributed by atoms with Crippen molar-refractivity contribution >= 4 is 23.4 Å². The monoisotopic (exact) mass is 348 g/mol. The van der Waals surface area contributed by atoms with Crippen LogP contribution in [0.1, 0.15) is 10.4 Å². The summed E-state index contributed by atoms with van der Waals surface area (Å²) in [5.41, 5.74) is 0.468. The van der Waals surface area contributed by atoms with E-state index in [-0.39, 0.29) is 5.69 Å². The molecule has 0 aliphatic carbocycles. The van der Waals surface area contributed by atoms with E-state index in [0.717, 1.165) is 13.2 Å². The van der Waals surface area contributed by atoms with Crippen LogP contribution in [0.25, 0.3) is 0 Å². The first kappa shape index (κ1) is 18.1. The SMILES string of the molecule is COC(=O)Nc1cc(NC(=O)c2cc(OC)cc(OC)c2)ccc1F. The fourth-order valence-electron chi connectivity index (χ4n) is 2.00. The first-order valence-corrected chi connectivity index (χ1v) is 7.15. The van der Waals surface area contributed by atoms with Gasteiger partial charge in [-0.25, -0.2) is 9.18 Å². The van der Waals surface area contributed by atoms with Gasteiger partial charge < -0.3 is 19.5 Å². The predicted molar refractivity (Wildman–Crippen MR) is 89.9 cm³/mol. The van der Waals surface area contributed by atoms with Crippen LogP contribution < -0.4 is 20.1 Å². The van der Waals surface area contributed by atoms with Crippen LogP contribution in [0.2, 0.25) is 0 Å². The van der Waals surface area contributed by atoms with Crippen LogP contribution in [0.3, 0.4) is 0 Å². The number of carbonyl (C=O) groups excluding carboxylic acids is 2. The number of rotatable bonds is 5. The van der Waals surface area contributed by atoms with Crippen molar-refractivity contribution in [2.75, 3.05) is 32.0 Å². The molecule has 2 N–H and O–H groups in total. The molecule has 0 heterocycles. The smallest absolute Gasteiger partial charge is 0.411 e. The average molecular weight is 348 g/mol. The Labute approximate surface area is 143 Å². The summed E-state index contributed by atoms with van der Waals surface area (Å²) in [4.78, 5) is 23.6. The highest BCUT2D eigenvalue weighted by Gasteiger charge is 2.13. The van der Waals surface area contributed by atoms with Gasteiger partial charge in [0.25, 0.3) is 5.91 Å². The van der Waals surface area contributed by atoms with Gasteiger partial charge >= 0.3 is 6.09 Å². The lowest BCUT2D eigenvalue weighted by Crippen LogP contribution is -2.14. The Bertz CT molecular complexity index is 772. The number of anilines is 2. The Morgan fingerprint density at radius 1 is 0.920 bits per heavy atom. The van der Waals surface area contributed by atoms with E-state index in [9.17, 15) is 14.0 Å². The Balaban J connectivity index is 2.23. The molecule has 0 spiro atoms. The van der Waals surface area contributed by atoms with E-state index in [0.29, 0.717) is 22.7 Å². The zero-order valence-corrected chi connectivity index (χ0v) is 13.9. The lowest BCUT2D eigenvalue weighted by atomic mass is 10.1. The van der Waals surface area contributed by atoms with Crippen LogP contribution in [0.15, 0.2) is 36.4 Å². The summed E-state index contributed by atoms with van der Waals surface area (Å²) in [5.74, 6) is -0.201.